The Morgan fingerprint density at radius 2 is 2.04 bits per heavy atom. The van der Waals surface area contributed by atoms with Gasteiger partial charge >= 0.3 is 0 Å². The van der Waals surface area contributed by atoms with Crippen molar-refractivity contribution in [3.05, 3.63) is 59.5 Å². The Hall–Kier alpha value is -2.89. The van der Waals surface area contributed by atoms with E-state index in [1.807, 2.05) is 36.4 Å². The van der Waals surface area contributed by atoms with Gasteiger partial charge in [-0.2, -0.15) is 5.10 Å². The number of carbonyl (C=O) groups is 2. The van der Waals surface area contributed by atoms with Crippen molar-refractivity contribution in [3.8, 4) is 0 Å². The van der Waals surface area contributed by atoms with E-state index in [4.69, 9.17) is 4.42 Å². The fourth-order valence-corrected chi connectivity index (χ4v) is 3.52. The molecule has 0 fully saturated rings. The van der Waals surface area contributed by atoms with E-state index < -0.39 is 0 Å². The Morgan fingerprint density at radius 1 is 1.19 bits per heavy atom. The summed E-state index contributed by atoms with van der Waals surface area (Å²) in [6.07, 6.45) is 5.14. The van der Waals surface area contributed by atoms with Crippen molar-refractivity contribution in [2.45, 2.75) is 44.7 Å². The number of nitrogens with one attached hydrogen (secondary N) is 1. The van der Waals surface area contributed by atoms with Crippen LogP contribution in [-0.4, -0.2) is 22.5 Å². The first-order chi connectivity index (χ1) is 12.7. The highest BCUT2D eigenvalue weighted by Crippen LogP contribution is 2.30. The molecule has 1 N–H and O–H groups in total. The molecule has 1 atom stereocenters. The summed E-state index contributed by atoms with van der Waals surface area (Å²) in [6, 6.07) is 11.5. The lowest BCUT2D eigenvalue weighted by Gasteiger charge is -2.26. The molecule has 1 aromatic heterocycles. The number of nitrogens with zero attached hydrogens (tertiary/aromatic N) is 2. The maximum Gasteiger partial charge on any atom is 0.267 e. The number of aryl methyl sites for hydroxylation is 1. The van der Waals surface area contributed by atoms with Crippen LogP contribution in [0.25, 0.3) is 0 Å². The lowest BCUT2D eigenvalue weighted by Crippen LogP contribution is -2.40. The molecule has 2 heterocycles. The molecule has 2 aromatic rings. The molecule has 0 radical (unpaired) electrons. The number of hydrazone groups is 1. The zero-order valence-corrected chi connectivity index (χ0v) is 14.5. The van der Waals surface area contributed by atoms with E-state index in [-0.39, 0.29) is 17.9 Å². The molecule has 0 saturated carbocycles. The van der Waals surface area contributed by atoms with E-state index in [0.29, 0.717) is 25.1 Å². The molecular weight excluding hydrogens is 330 g/mol. The van der Waals surface area contributed by atoms with E-state index in [9.17, 15) is 9.59 Å². The second-order valence-electron chi connectivity index (χ2n) is 6.70. The van der Waals surface area contributed by atoms with Gasteiger partial charge in [0.15, 0.2) is 0 Å². The van der Waals surface area contributed by atoms with Crippen LogP contribution in [0.15, 0.2) is 52.2 Å². The van der Waals surface area contributed by atoms with Gasteiger partial charge in [0.2, 0.25) is 5.91 Å². The average Bonchev–Trinajstić information content (AvgIpc) is 3.14. The smallest absolute Gasteiger partial charge is 0.267 e. The van der Waals surface area contributed by atoms with Gasteiger partial charge < -0.3 is 9.73 Å². The third-order valence-corrected chi connectivity index (χ3v) is 4.90. The first-order valence-corrected chi connectivity index (χ1v) is 8.99. The van der Waals surface area contributed by atoms with E-state index in [0.717, 1.165) is 36.1 Å². The van der Waals surface area contributed by atoms with E-state index in [2.05, 4.69) is 10.4 Å². The van der Waals surface area contributed by atoms with Crippen LogP contribution < -0.4 is 5.32 Å². The topological polar surface area (TPSA) is 74.9 Å². The zero-order valence-electron chi connectivity index (χ0n) is 14.5. The fraction of sp³-hybridized carbons (Fsp3) is 0.350. The number of benzene rings is 1. The van der Waals surface area contributed by atoms with Gasteiger partial charge in [-0.15, -0.1) is 0 Å². The van der Waals surface area contributed by atoms with Crippen LogP contribution in [0.1, 0.15) is 48.6 Å². The molecule has 0 spiro atoms. The molecular formula is C20H21N3O3. The minimum atomic E-state index is -0.199. The number of carbonyl (C=O) groups excluding carboxylic acids is 2. The van der Waals surface area contributed by atoms with Gasteiger partial charge in [-0.3, -0.25) is 9.59 Å². The van der Waals surface area contributed by atoms with Crippen LogP contribution in [0.5, 0.6) is 0 Å². The van der Waals surface area contributed by atoms with Gasteiger partial charge in [0, 0.05) is 24.8 Å². The maximum absolute atomic E-state index is 12.7. The van der Waals surface area contributed by atoms with Crippen LogP contribution in [-0.2, 0) is 22.6 Å². The van der Waals surface area contributed by atoms with E-state index in [1.54, 1.807) is 6.26 Å². The first kappa shape index (κ1) is 16.6. The quantitative estimate of drug-likeness (QED) is 0.920. The molecule has 2 amide bonds. The lowest BCUT2D eigenvalue weighted by molar-refractivity contribution is -0.132. The highest BCUT2D eigenvalue weighted by Gasteiger charge is 2.28. The molecule has 0 bridgehead atoms. The molecule has 1 aromatic carbocycles. The fourth-order valence-electron chi connectivity index (χ4n) is 3.52. The first-order valence-electron chi connectivity index (χ1n) is 8.99. The molecule has 6 nitrogen and oxygen atoms in total. The number of hydrogen-bond donors (Lipinski definition) is 1. The molecule has 134 valence electrons. The number of rotatable bonds is 4. The van der Waals surface area contributed by atoms with Crippen LogP contribution in [0.3, 0.4) is 0 Å². The largest absolute Gasteiger partial charge is 0.469 e. The van der Waals surface area contributed by atoms with Crippen molar-refractivity contribution in [1.29, 1.82) is 0 Å². The summed E-state index contributed by atoms with van der Waals surface area (Å²) in [7, 11) is 0. The summed E-state index contributed by atoms with van der Waals surface area (Å²) >= 11 is 0. The third kappa shape index (κ3) is 3.40. The standard InChI is InChI=1S/C20H21N3O3/c24-19-10-9-17(22-23(19)13-14-5-2-1-3-6-14)20(25)21-16-7-4-8-18-15(16)11-12-26-18/h1-3,5-6,11-12,16H,4,7-10,13H2,(H,21,25). The lowest BCUT2D eigenvalue weighted by atomic mass is 9.93. The molecule has 1 aliphatic heterocycles. The number of hydrogen-bond acceptors (Lipinski definition) is 4. The normalized spacial score (nSPS) is 19.7. The van der Waals surface area contributed by atoms with Crippen LogP contribution >= 0.6 is 0 Å². The monoisotopic (exact) mass is 351 g/mol. The summed E-state index contributed by atoms with van der Waals surface area (Å²) in [5.74, 6) is 0.697. The van der Waals surface area contributed by atoms with Crippen molar-refractivity contribution in [1.82, 2.24) is 10.3 Å². The van der Waals surface area contributed by atoms with E-state index >= 15 is 0 Å². The molecule has 6 heteroatoms. The second-order valence-corrected chi connectivity index (χ2v) is 6.70. The third-order valence-electron chi connectivity index (χ3n) is 4.90. The van der Waals surface area contributed by atoms with Crippen molar-refractivity contribution in [2.75, 3.05) is 0 Å². The number of amides is 2. The van der Waals surface area contributed by atoms with Crippen LogP contribution in [0, 0.1) is 0 Å². The Bertz CT molecular complexity index is 841. The Balaban J connectivity index is 1.47. The Morgan fingerprint density at radius 3 is 2.88 bits per heavy atom. The van der Waals surface area contributed by atoms with Crippen molar-refractivity contribution < 1.29 is 14.0 Å². The van der Waals surface area contributed by atoms with Gasteiger partial charge in [0.25, 0.3) is 5.91 Å². The number of furan rings is 1. The Kier molecular flexibility index (Phi) is 4.56. The van der Waals surface area contributed by atoms with Gasteiger partial charge in [0.1, 0.15) is 11.5 Å². The van der Waals surface area contributed by atoms with Gasteiger partial charge in [-0.05, 0) is 24.5 Å². The van der Waals surface area contributed by atoms with Gasteiger partial charge in [-0.25, -0.2) is 5.01 Å². The summed E-state index contributed by atoms with van der Waals surface area (Å²) < 4.78 is 5.48. The zero-order chi connectivity index (χ0) is 17.9. The summed E-state index contributed by atoms with van der Waals surface area (Å²) in [5.41, 5.74) is 2.45. The predicted molar refractivity (Wildman–Crippen MR) is 96.2 cm³/mol. The molecule has 0 saturated heterocycles. The van der Waals surface area contributed by atoms with Crippen molar-refractivity contribution in [3.63, 3.8) is 0 Å². The van der Waals surface area contributed by atoms with Gasteiger partial charge in [-0.1, -0.05) is 30.3 Å². The van der Waals surface area contributed by atoms with Crippen LogP contribution in [0.2, 0.25) is 0 Å². The molecule has 1 aliphatic carbocycles. The van der Waals surface area contributed by atoms with Crippen LogP contribution in [0.4, 0.5) is 0 Å². The average molecular weight is 351 g/mol. The summed E-state index contributed by atoms with van der Waals surface area (Å²) in [6.45, 7) is 0.381. The molecule has 4 rings (SSSR count). The highest BCUT2D eigenvalue weighted by molar-refractivity contribution is 6.39. The minimum absolute atomic E-state index is 0.0482. The van der Waals surface area contributed by atoms with Crippen molar-refractivity contribution >= 4 is 17.5 Å². The maximum atomic E-state index is 12.7. The Labute approximate surface area is 151 Å². The van der Waals surface area contributed by atoms with Gasteiger partial charge in [0.05, 0.1) is 18.8 Å². The molecule has 1 unspecified atom stereocenters. The molecule has 26 heavy (non-hydrogen) atoms. The molecule has 2 aliphatic rings. The second kappa shape index (κ2) is 7.15. The highest BCUT2D eigenvalue weighted by atomic mass is 16.3. The SMILES string of the molecule is O=C(NC1CCCc2occc21)C1=NN(Cc2ccccc2)C(=O)CC1. The predicted octanol–water partition coefficient (Wildman–Crippen LogP) is 2.95. The summed E-state index contributed by atoms with van der Waals surface area (Å²) in [4.78, 5) is 24.9. The minimum Gasteiger partial charge on any atom is -0.469 e. The summed E-state index contributed by atoms with van der Waals surface area (Å²) in [5, 5.41) is 8.80. The number of fused-ring (bicyclic) bond motifs is 1. The van der Waals surface area contributed by atoms with Crippen molar-refractivity contribution in [2.24, 2.45) is 5.10 Å². The van der Waals surface area contributed by atoms with E-state index in [1.165, 1.54) is 5.01 Å².